The molecule has 0 atom stereocenters. The van der Waals surface area contributed by atoms with Crippen molar-refractivity contribution in [2.24, 2.45) is 0 Å². The van der Waals surface area contributed by atoms with Gasteiger partial charge in [0.1, 0.15) is 17.1 Å². The molecule has 0 saturated heterocycles. The molecule has 0 unspecified atom stereocenters. The van der Waals surface area contributed by atoms with Gasteiger partial charge in [0.15, 0.2) is 0 Å². The highest BCUT2D eigenvalue weighted by atomic mass is 19.4. The van der Waals surface area contributed by atoms with Gasteiger partial charge in [0.05, 0.1) is 24.3 Å². The molecule has 0 aliphatic heterocycles. The van der Waals surface area contributed by atoms with Gasteiger partial charge in [-0.25, -0.2) is 14.4 Å². The second kappa shape index (κ2) is 12.2. The summed E-state index contributed by atoms with van der Waals surface area (Å²) in [4.78, 5) is 35.2. The van der Waals surface area contributed by atoms with Crippen LogP contribution in [0.1, 0.15) is 48.5 Å². The smallest absolute Gasteiger partial charge is 0.417 e. The number of ether oxygens (including phenoxy) is 3. The van der Waals surface area contributed by atoms with Crippen molar-refractivity contribution in [2.75, 3.05) is 13.2 Å². The molecule has 2 aromatic carbocycles. The number of halogens is 3. The molecular formula is C27H25F3O7. The van der Waals surface area contributed by atoms with Crippen molar-refractivity contribution in [3.63, 3.8) is 0 Å². The number of hydrogen-bond donors (Lipinski definition) is 0. The lowest BCUT2D eigenvalue weighted by Crippen LogP contribution is -2.11. The van der Waals surface area contributed by atoms with Crippen LogP contribution in [0, 0.1) is 0 Å². The van der Waals surface area contributed by atoms with Crippen LogP contribution < -0.4 is 15.1 Å². The van der Waals surface area contributed by atoms with Gasteiger partial charge in [-0.05, 0) is 69.0 Å². The van der Waals surface area contributed by atoms with E-state index in [9.17, 15) is 27.6 Å². The van der Waals surface area contributed by atoms with Gasteiger partial charge in [0, 0.05) is 23.1 Å². The third-order valence-corrected chi connectivity index (χ3v) is 5.21. The highest BCUT2D eigenvalue weighted by molar-refractivity contribution is 5.92. The molecule has 3 rings (SSSR count). The van der Waals surface area contributed by atoms with Gasteiger partial charge in [-0.3, -0.25) is 0 Å². The molecule has 196 valence electrons. The second-order valence-corrected chi connectivity index (χ2v) is 8.23. The van der Waals surface area contributed by atoms with Crippen LogP contribution in [0.2, 0.25) is 0 Å². The van der Waals surface area contributed by atoms with E-state index in [2.05, 4.69) is 6.58 Å². The Bertz CT molecular complexity index is 1320. The number of unbranched alkanes of at least 4 members (excludes halogenated alkanes) is 3. The predicted molar refractivity (Wildman–Crippen MR) is 129 cm³/mol. The Balaban J connectivity index is 1.48. The molecule has 0 aliphatic rings. The Morgan fingerprint density at radius 1 is 0.919 bits per heavy atom. The maximum atomic E-state index is 13.2. The van der Waals surface area contributed by atoms with E-state index >= 15 is 0 Å². The molecule has 0 spiro atoms. The Kier molecular flexibility index (Phi) is 9.10. The number of alkyl halides is 3. The fourth-order valence-electron chi connectivity index (χ4n) is 3.33. The molecule has 0 N–H and O–H groups in total. The predicted octanol–water partition coefficient (Wildman–Crippen LogP) is 6.09. The maximum Gasteiger partial charge on any atom is 0.417 e. The third kappa shape index (κ3) is 7.96. The van der Waals surface area contributed by atoms with Gasteiger partial charge in [-0.15, -0.1) is 0 Å². The lowest BCUT2D eigenvalue weighted by molar-refractivity contribution is -0.139. The highest BCUT2D eigenvalue weighted by Crippen LogP contribution is 2.35. The molecule has 3 aromatic rings. The van der Waals surface area contributed by atoms with Crippen LogP contribution in [0.15, 0.2) is 69.9 Å². The molecule has 0 saturated carbocycles. The number of rotatable bonds is 11. The zero-order valence-corrected chi connectivity index (χ0v) is 20.1. The van der Waals surface area contributed by atoms with Crippen molar-refractivity contribution in [1.29, 1.82) is 0 Å². The molecular weight excluding hydrogens is 493 g/mol. The van der Waals surface area contributed by atoms with Crippen LogP contribution in [0.4, 0.5) is 13.2 Å². The topological polar surface area (TPSA) is 92.0 Å². The summed E-state index contributed by atoms with van der Waals surface area (Å²) in [5, 5.41) is -0.320. The number of carbonyl (C=O) groups is 2. The van der Waals surface area contributed by atoms with Gasteiger partial charge in [-0.2, -0.15) is 13.2 Å². The molecule has 0 amide bonds. The first-order valence-electron chi connectivity index (χ1n) is 11.5. The van der Waals surface area contributed by atoms with Crippen molar-refractivity contribution in [2.45, 2.75) is 38.8 Å². The van der Waals surface area contributed by atoms with E-state index in [-0.39, 0.29) is 28.3 Å². The molecule has 0 aliphatic carbocycles. The maximum absolute atomic E-state index is 13.2. The number of carbonyl (C=O) groups excluding carboxylic acids is 2. The third-order valence-electron chi connectivity index (χ3n) is 5.21. The molecule has 1 heterocycles. The molecule has 7 nitrogen and oxygen atoms in total. The molecule has 0 fully saturated rings. The molecule has 1 aromatic heterocycles. The van der Waals surface area contributed by atoms with E-state index in [1.807, 2.05) is 0 Å². The highest BCUT2D eigenvalue weighted by Gasteiger charge is 2.34. The number of benzene rings is 2. The van der Waals surface area contributed by atoms with Gasteiger partial charge in [0.2, 0.25) is 0 Å². The van der Waals surface area contributed by atoms with Gasteiger partial charge >= 0.3 is 23.7 Å². The van der Waals surface area contributed by atoms with Crippen LogP contribution in [-0.2, 0) is 15.7 Å². The molecule has 0 radical (unpaired) electrons. The number of fused-ring (bicyclic) bond motifs is 1. The van der Waals surface area contributed by atoms with Crippen molar-refractivity contribution in [3.05, 3.63) is 82.2 Å². The van der Waals surface area contributed by atoms with Crippen molar-refractivity contribution in [3.8, 4) is 11.5 Å². The Labute approximate surface area is 210 Å². The van der Waals surface area contributed by atoms with Crippen LogP contribution in [0.25, 0.3) is 11.0 Å². The summed E-state index contributed by atoms with van der Waals surface area (Å²) in [5.74, 6) is -0.651. The van der Waals surface area contributed by atoms with Crippen molar-refractivity contribution < 1.29 is 41.4 Å². The van der Waals surface area contributed by atoms with Crippen molar-refractivity contribution in [1.82, 2.24) is 0 Å². The van der Waals surface area contributed by atoms with Crippen LogP contribution in [0.5, 0.6) is 11.5 Å². The van der Waals surface area contributed by atoms with Crippen LogP contribution in [-0.4, -0.2) is 25.2 Å². The van der Waals surface area contributed by atoms with E-state index < -0.39 is 23.3 Å². The zero-order valence-electron chi connectivity index (χ0n) is 20.1. The minimum atomic E-state index is -4.74. The number of esters is 2. The summed E-state index contributed by atoms with van der Waals surface area (Å²) >= 11 is 0. The summed E-state index contributed by atoms with van der Waals surface area (Å²) in [5.41, 5.74) is -2.07. The van der Waals surface area contributed by atoms with Crippen LogP contribution >= 0.6 is 0 Å². The Morgan fingerprint density at radius 3 is 2.22 bits per heavy atom. The Morgan fingerprint density at radius 2 is 1.57 bits per heavy atom. The van der Waals surface area contributed by atoms with Gasteiger partial charge < -0.3 is 18.6 Å². The SMILES string of the molecule is C=C(C)C(=O)OCCCCCCOc1ccc(C(=O)Oc2ccc3c(C(F)(F)F)cc(=O)oc3c2)cc1. The minimum absolute atomic E-state index is 0.0744. The minimum Gasteiger partial charge on any atom is -0.494 e. The second-order valence-electron chi connectivity index (χ2n) is 8.23. The van der Waals surface area contributed by atoms with Gasteiger partial charge in [0.25, 0.3) is 0 Å². The fourth-order valence-corrected chi connectivity index (χ4v) is 3.33. The molecule has 37 heavy (non-hydrogen) atoms. The quantitative estimate of drug-likeness (QED) is 0.0997. The van der Waals surface area contributed by atoms with Gasteiger partial charge in [-0.1, -0.05) is 6.58 Å². The lowest BCUT2D eigenvalue weighted by atomic mass is 10.1. The zero-order chi connectivity index (χ0) is 27.0. The van der Waals surface area contributed by atoms with Crippen molar-refractivity contribution >= 4 is 22.9 Å². The first-order valence-corrected chi connectivity index (χ1v) is 11.5. The Hall–Kier alpha value is -4.08. The fraction of sp³-hybridized carbons (Fsp3) is 0.296. The average Bonchev–Trinajstić information content (AvgIpc) is 2.84. The summed E-state index contributed by atoms with van der Waals surface area (Å²) in [7, 11) is 0. The first kappa shape index (κ1) is 27.5. The number of hydrogen-bond acceptors (Lipinski definition) is 7. The van der Waals surface area contributed by atoms with E-state index in [0.29, 0.717) is 30.6 Å². The summed E-state index contributed by atoms with van der Waals surface area (Å²) in [6, 6.07) is 9.90. The van der Waals surface area contributed by atoms with E-state index in [4.69, 9.17) is 18.6 Å². The largest absolute Gasteiger partial charge is 0.494 e. The summed E-state index contributed by atoms with van der Waals surface area (Å²) in [6.07, 6.45) is -1.41. The summed E-state index contributed by atoms with van der Waals surface area (Å²) < 4.78 is 60.3. The normalized spacial score (nSPS) is 11.2. The summed E-state index contributed by atoms with van der Waals surface area (Å²) in [6.45, 7) is 5.94. The lowest BCUT2D eigenvalue weighted by Gasteiger charge is -2.10. The van der Waals surface area contributed by atoms with E-state index in [1.165, 1.54) is 18.2 Å². The standard InChI is InChI=1S/C27H25F3O7/c1-17(2)25(32)35-14-6-4-3-5-13-34-19-9-7-18(8-10-19)26(33)36-20-11-12-21-22(27(28,29)30)16-24(31)37-23(21)15-20/h7-12,15-16H,1,3-6,13-14H2,2H3. The molecule has 0 bridgehead atoms. The van der Waals surface area contributed by atoms with E-state index in [0.717, 1.165) is 37.8 Å². The van der Waals surface area contributed by atoms with Crippen LogP contribution in [0.3, 0.4) is 0 Å². The first-order chi connectivity index (χ1) is 17.5. The average molecular weight is 518 g/mol. The molecule has 10 heteroatoms. The monoisotopic (exact) mass is 518 g/mol. The van der Waals surface area contributed by atoms with E-state index in [1.54, 1.807) is 19.1 Å².